The molecule has 0 saturated heterocycles. The van der Waals surface area contributed by atoms with Crippen molar-refractivity contribution in [2.24, 2.45) is 5.92 Å². The van der Waals surface area contributed by atoms with Crippen LogP contribution in [0.1, 0.15) is 27.2 Å². The Balaban J connectivity index is 4.02. The van der Waals surface area contributed by atoms with Gasteiger partial charge in [0.25, 0.3) is 0 Å². The molecule has 0 aromatic carbocycles. The van der Waals surface area contributed by atoms with Crippen LogP contribution in [0.25, 0.3) is 0 Å². The third kappa shape index (κ3) is 4.90. The van der Waals surface area contributed by atoms with Crippen molar-refractivity contribution >= 4 is 13.1 Å². The van der Waals surface area contributed by atoms with Crippen LogP contribution >= 0.6 is 0 Å². The van der Waals surface area contributed by atoms with E-state index >= 15 is 0 Å². The highest BCUT2D eigenvalue weighted by molar-refractivity contribution is 6.43. The normalized spacial score (nSPS) is 12.8. The van der Waals surface area contributed by atoms with Gasteiger partial charge in [0.2, 0.25) is 0 Å². The van der Waals surface area contributed by atoms with E-state index in [1.54, 1.807) is 6.92 Å². The molecule has 0 aromatic rings. The van der Waals surface area contributed by atoms with E-state index in [9.17, 15) is 4.79 Å². The SMILES string of the molecule is CCOC(=O)CC(B(O)O)C(C)C. The number of ether oxygens (including phenoxy) is 1. The van der Waals surface area contributed by atoms with Crippen LogP contribution < -0.4 is 0 Å². The number of rotatable bonds is 5. The zero-order valence-corrected chi connectivity index (χ0v) is 8.36. The monoisotopic (exact) mass is 188 g/mol. The second-order valence-corrected chi connectivity index (χ2v) is 3.33. The lowest BCUT2D eigenvalue weighted by Gasteiger charge is -2.18. The minimum Gasteiger partial charge on any atom is -0.466 e. The van der Waals surface area contributed by atoms with Gasteiger partial charge in [0.1, 0.15) is 0 Å². The summed E-state index contributed by atoms with van der Waals surface area (Å²) in [4.78, 5) is 11.0. The summed E-state index contributed by atoms with van der Waals surface area (Å²) >= 11 is 0. The number of esters is 1. The first-order chi connectivity index (χ1) is 5.99. The fraction of sp³-hybridized carbons (Fsp3) is 0.875. The van der Waals surface area contributed by atoms with E-state index in [0.29, 0.717) is 6.61 Å². The van der Waals surface area contributed by atoms with Crippen LogP contribution in [0.4, 0.5) is 0 Å². The predicted molar refractivity (Wildman–Crippen MR) is 50.0 cm³/mol. The minimum atomic E-state index is -1.45. The summed E-state index contributed by atoms with van der Waals surface area (Å²) in [6.07, 6.45) is 0.0587. The Morgan fingerprint density at radius 3 is 2.31 bits per heavy atom. The Morgan fingerprint density at radius 2 is 2.00 bits per heavy atom. The second kappa shape index (κ2) is 5.99. The summed E-state index contributed by atoms with van der Waals surface area (Å²) in [7, 11) is -1.45. The number of hydrogen-bond acceptors (Lipinski definition) is 4. The maximum absolute atomic E-state index is 11.0. The maximum Gasteiger partial charge on any atom is 0.455 e. The van der Waals surface area contributed by atoms with Crippen molar-refractivity contribution in [1.29, 1.82) is 0 Å². The molecule has 0 heterocycles. The molecular weight excluding hydrogens is 171 g/mol. The van der Waals surface area contributed by atoms with Gasteiger partial charge in [0.15, 0.2) is 0 Å². The van der Waals surface area contributed by atoms with Crippen LogP contribution in [0.5, 0.6) is 0 Å². The molecule has 0 fully saturated rings. The molecule has 13 heavy (non-hydrogen) atoms. The molecule has 0 aliphatic heterocycles. The van der Waals surface area contributed by atoms with Gasteiger partial charge in [-0.1, -0.05) is 13.8 Å². The summed E-state index contributed by atoms with van der Waals surface area (Å²) in [5.41, 5.74) is 0. The largest absolute Gasteiger partial charge is 0.466 e. The number of hydrogen-bond donors (Lipinski definition) is 2. The molecule has 76 valence electrons. The molecule has 2 N–H and O–H groups in total. The molecule has 0 spiro atoms. The molecule has 0 bridgehead atoms. The van der Waals surface area contributed by atoms with Crippen molar-refractivity contribution in [3.63, 3.8) is 0 Å². The van der Waals surface area contributed by atoms with E-state index in [-0.39, 0.29) is 18.3 Å². The van der Waals surface area contributed by atoms with Gasteiger partial charge in [-0.3, -0.25) is 4.79 Å². The summed E-state index contributed by atoms with van der Waals surface area (Å²) in [5, 5.41) is 17.9. The highest BCUT2D eigenvalue weighted by atomic mass is 16.5. The van der Waals surface area contributed by atoms with E-state index in [4.69, 9.17) is 14.8 Å². The standard InChI is InChI=1S/C8H17BO4/c1-4-13-8(10)5-7(6(2)3)9(11)12/h6-7,11-12H,4-5H2,1-3H3. The van der Waals surface area contributed by atoms with Gasteiger partial charge >= 0.3 is 13.1 Å². The van der Waals surface area contributed by atoms with Crippen molar-refractivity contribution in [2.45, 2.75) is 33.0 Å². The van der Waals surface area contributed by atoms with Crippen LogP contribution in [-0.2, 0) is 9.53 Å². The van der Waals surface area contributed by atoms with Crippen LogP contribution in [0.2, 0.25) is 5.82 Å². The average molecular weight is 188 g/mol. The Bertz CT molecular complexity index is 150. The summed E-state index contributed by atoms with van der Waals surface area (Å²) in [6.45, 7) is 5.72. The second-order valence-electron chi connectivity index (χ2n) is 3.33. The van der Waals surface area contributed by atoms with Crippen molar-refractivity contribution < 1.29 is 19.6 Å². The molecule has 0 aliphatic rings. The average Bonchev–Trinajstić information content (AvgIpc) is 1.99. The van der Waals surface area contributed by atoms with Crippen LogP contribution in [-0.4, -0.2) is 29.7 Å². The third-order valence-corrected chi connectivity index (χ3v) is 1.95. The molecule has 0 aromatic heterocycles. The Kier molecular flexibility index (Phi) is 5.74. The Hall–Kier alpha value is -0.545. The third-order valence-electron chi connectivity index (χ3n) is 1.95. The van der Waals surface area contributed by atoms with E-state index in [1.807, 2.05) is 13.8 Å². The Labute approximate surface area is 79.0 Å². The maximum atomic E-state index is 11.0. The minimum absolute atomic E-state index is 0.0457. The van der Waals surface area contributed by atoms with Gasteiger partial charge in [0.05, 0.1) is 6.61 Å². The molecule has 1 unspecified atom stereocenters. The quantitative estimate of drug-likeness (QED) is 0.485. The highest BCUT2D eigenvalue weighted by Gasteiger charge is 2.29. The zero-order valence-electron chi connectivity index (χ0n) is 8.36. The van der Waals surface area contributed by atoms with Crippen LogP contribution in [0, 0.1) is 5.92 Å². The van der Waals surface area contributed by atoms with Gasteiger partial charge in [-0.05, 0) is 12.8 Å². The lowest BCUT2D eigenvalue weighted by molar-refractivity contribution is -0.143. The molecule has 1 atom stereocenters. The smallest absolute Gasteiger partial charge is 0.455 e. The first-order valence-electron chi connectivity index (χ1n) is 4.50. The predicted octanol–water partition coefficient (Wildman–Crippen LogP) is 0.439. The van der Waals surface area contributed by atoms with Gasteiger partial charge in [-0.15, -0.1) is 0 Å². The molecular formula is C8H17BO4. The summed E-state index contributed by atoms with van der Waals surface area (Å²) in [6, 6.07) is 0. The van der Waals surface area contributed by atoms with Gasteiger partial charge in [-0.25, -0.2) is 0 Å². The molecule has 0 radical (unpaired) electrons. The summed E-state index contributed by atoms with van der Waals surface area (Å²) in [5.74, 6) is -0.780. The fourth-order valence-corrected chi connectivity index (χ4v) is 1.10. The molecule has 0 saturated carbocycles. The zero-order chi connectivity index (χ0) is 10.4. The number of carbonyl (C=O) groups is 1. The van der Waals surface area contributed by atoms with Crippen molar-refractivity contribution in [3.8, 4) is 0 Å². The summed E-state index contributed by atoms with van der Waals surface area (Å²) < 4.78 is 4.71. The fourth-order valence-electron chi connectivity index (χ4n) is 1.10. The molecule has 4 nitrogen and oxygen atoms in total. The van der Waals surface area contributed by atoms with Gasteiger partial charge in [-0.2, -0.15) is 0 Å². The van der Waals surface area contributed by atoms with Crippen molar-refractivity contribution in [2.75, 3.05) is 6.61 Å². The Morgan fingerprint density at radius 1 is 1.46 bits per heavy atom. The van der Waals surface area contributed by atoms with E-state index in [1.165, 1.54) is 0 Å². The first-order valence-corrected chi connectivity index (χ1v) is 4.50. The lowest BCUT2D eigenvalue weighted by atomic mass is 9.65. The van der Waals surface area contributed by atoms with Gasteiger partial charge < -0.3 is 14.8 Å². The highest BCUT2D eigenvalue weighted by Crippen LogP contribution is 2.23. The lowest BCUT2D eigenvalue weighted by Crippen LogP contribution is -2.27. The van der Waals surface area contributed by atoms with E-state index in [0.717, 1.165) is 0 Å². The molecule has 0 rings (SSSR count). The van der Waals surface area contributed by atoms with Crippen molar-refractivity contribution in [3.05, 3.63) is 0 Å². The molecule has 0 aliphatic carbocycles. The first kappa shape index (κ1) is 12.5. The van der Waals surface area contributed by atoms with Crippen LogP contribution in [0.15, 0.2) is 0 Å². The molecule has 0 amide bonds. The van der Waals surface area contributed by atoms with E-state index < -0.39 is 12.9 Å². The van der Waals surface area contributed by atoms with E-state index in [2.05, 4.69) is 0 Å². The molecule has 5 heteroatoms. The van der Waals surface area contributed by atoms with Gasteiger partial charge in [0, 0.05) is 12.2 Å². The topological polar surface area (TPSA) is 66.8 Å². The van der Waals surface area contributed by atoms with Crippen LogP contribution in [0.3, 0.4) is 0 Å². The van der Waals surface area contributed by atoms with Crippen molar-refractivity contribution in [1.82, 2.24) is 0 Å². The number of carbonyl (C=O) groups excluding carboxylic acids is 1.